The zero-order valence-corrected chi connectivity index (χ0v) is 22.3. The number of likely N-dealkylation sites (tertiary alicyclic amines) is 1. The Kier molecular flexibility index (Phi) is 7.40. The van der Waals surface area contributed by atoms with E-state index in [0.29, 0.717) is 24.9 Å². The molecule has 11 heteroatoms. The second-order valence-corrected chi connectivity index (χ2v) is 11.3. The Morgan fingerprint density at radius 3 is 2.55 bits per heavy atom. The van der Waals surface area contributed by atoms with Crippen molar-refractivity contribution >= 4 is 17.9 Å². The largest absolute Gasteiger partial charge is 0.444 e. The number of hydrogen-bond donors (Lipinski definition) is 3. The topological polar surface area (TPSA) is 121 Å². The number of carbonyl (C=O) groups excluding carboxylic acids is 2. The fraction of sp³-hybridized carbons (Fsp3) is 0.556. The maximum Gasteiger partial charge on any atom is 0.407 e. The number of amides is 3. The molecule has 3 fully saturated rings. The Bertz CT molecular complexity index is 1220. The molecule has 2 aromatic rings. The number of alkyl carbamates (subject to hydrolysis) is 1. The summed E-state index contributed by atoms with van der Waals surface area (Å²) in [5.41, 5.74) is 0.947. The number of nitrogens with zero attached hydrogens (tertiary/aromatic N) is 4. The lowest BCUT2D eigenvalue weighted by atomic mass is 10.1. The van der Waals surface area contributed by atoms with Gasteiger partial charge in [0.25, 0.3) is 0 Å². The highest BCUT2D eigenvalue weighted by molar-refractivity contribution is 5.88. The van der Waals surface area contributed by atoms with Gasteiger partial charge in [0, 0.05) is 58.1 Å². The van der Waals surface area contributed by atoms with Gasteiger partial charge in [-0.1, -0.05) is 12.1 Å². The van der Waals surface area contributed by atoms with Gasteiger partial charge in [-0.15, -0.1) is 0 Å². The molecule has 5 rings (SSSR count). The van der Waals surface area contributed by atoms with E-state index in [-0.39, 0.29) is 24.0 Å². The van der Waals surface area contributed by atoms with Gasteiger partial charge in [-0.05, 0) is 62.8 Å². The molecule has 0 radical (unpaired) electrons. The summed E-state index contributed by atoms with van der Waals surface area (Å²) in [7, 11) is 0. The van der Waals surface area contributed by atoms with Crippen molar-refractivity contribution in [1.29, 1.82) is 0 Å². The normalized spacial score (nSPS) is 23.0. The minimum Gasteiger partial charge on any atom is -0.444 e. The fourth-order valence-corrected chi connectivity index (χ4v) is 5.33. The number of anilines is 1. The van der Waals surface area contributed by atoms with Crippen molar-refractivity contribution in [2.75, 3.05) is 51.1 Å². The lowest BCUT2D eigenvalue weighted by molar-refractivity contribution is 0.0514. The van der Waals surface area contributed by atoms with Crippen LogP contribution >= 0.6 is 0 Å². The molecule has 2 saturated heterocycles. The van der Waals surface area contributed by atoms with Crippen LogP contribution in [-0.2, 0) is 11.2 Å². The third-order valence-corrected chi connectivity index (χ3v) is 7.30. The van der Waals surface area contributed by atoms with Gasteiger partial charge < -0.3 is 25.2 Å². The van der Waals surface area contributed by atoms with Gasteiger partial charge in [-0.25, -0.2) is 14.4 Å². The Balaban J connectivity index is 1.11. The first kappa shape index (κ1) is 26.2. The molecule has 2 unspecified atom stereocenters. The number of ether oxygens (including phenoxy) is 1. The van der Waals surface area contributed by atoms with Crippen molar-refractivity contribution < 1.29 is 14.3 Å². The summed E-state index contributed by atoms with van der Waals surface area (Å²) in [6.07, 6.45) is 2.17. The van der Waals surface area contributed by atoms with Crippen molar-refractivity contribution in [3.63, 3.8) is 0 Å². The van der Waals surface area contributed by atoms with E-state index >= 15 is 0 Å². The highest BCUT2D eigenvalue weighted by Gasteiger charge is 2.56. The second-order valence-electron chi connectivity index (χ2n) is 11.3. The van der Waals surface area contributed by atoms with Gasteiger partial charge in [-0.2, -0.15) is 4.98 Å². The minimum atomic E-state index is -0.487. The SMILES string of the molecule is CC(C)(C)OC(=O)NC1C2CN(CCc3cccc(-n4ccc(NC(=O)N5CCNCC5)nc4=O)c3)CC21. The second kappa shape index (κ2) is 10.7. The van der Waals surface area contributed by atoms with Gasteiger partial charge in [0.2, 0.25) is 0 Å². The predicted molar refractivity (Wildman–Crippen MR) is 144 cm³/mol. The zero-order chi connectivity index (χ0) is 26.9. The number of piperidine rings is 1. The molecule has 1 aliphatic carbocycles. The van der Waals surface area contributed by atoms with Crippen LogP contribution in [0.1, 0.15) is 26.3 Å². The van der Waals surface area contributed by atoms with Crippen LogP contribution in [-0.4, -0.2) is 88.9 Å². The minimum absolute atomic E-state index is 0.216. The number of rotatable bonds is 6. The van der Waals surface area contributed by atoms with E-state index in [0.717, 1.165) is 50.4 Å². The number of nitrogens with one attached hydrogen (secondary N) is 3. The van der Waals surface area contributed by atoms with E-state index in [2.05, 4.69) is 31.9 Å². The highest BCUT2D eigenvalue weighted by atomic mass is 16.6. The summed E-state index contributed by atoms with van der Waals surface area (Å²) in [5.74, 6) is 1.23. The Morgan fingerprint density at radius 1 is 1.13 bits per heavy atom. The Hall–Kier alpha value is -3.44. The summed E-state index contributed by atoms with van der Waals surface area (Å²) in [6, 6.07) is 9.51. The zero-order valence-electron chi connectivity index (χ0n) is 22.3. The molecule has 2 aliphatic heterocycles. The smallest absolute Gasteiger partial charge is 0.407 e. The summed E-state index contributed by atoms with van der Waals surface area (Å²) in [5, 5.41) is 8.94. The van der Waals surface area contributed by atoms with Crippen LogP contribution in [0, 0.1) is 11.8 Å². The first-order chi connectivity index (χ1) is 18.2. The number of urea groups is 1. The lowest BCUT2D eigenvalue weighted by Crippen LogP contribution is -2.48. The number of carbonyl (C=O) groups is 2. The maximum absolute atomic E-state index is 12.7. The van der Waals surface area contributed by atoms with E-state index in [4.69, 9.17) is 4.74 Å². The van der Waals surface area contributed by atoms with Crippen LogP contribution < -0.4 is 21.6 Å². The molecular weight excluding hydrogens is 486 g/mol. The molecule has 3 N–H and O–H groups in total. The van der Waals surface area contributed by atoms with Crippen molar-refractivity contribution in [2.45, 2.75) is 38.8 Å². The molecule has 3 aliphatic rings. The quantitative estimate of drug-likeness (QED) is 0.527. The summed E-state index contributed by atoms with van der Waals surface area (Å²) in [6.45, 7) is 11.2. The van der Waals surface area contributed by atoms with Crippen LogP contribution in [0.2, 0.25) is 0 Å². The Morgan fingerprint density at radius 2 is 1.87 bits per heavy atom. The third kappa shape index (κ3) is 6.33. The first-order valence-corrected chi connectivity index (χ1v) is 13.3. The van der Waals surface area contributed by atoms with E-state index in [1.165, 1.54) is 4.57 Å². The van der Waals surface area contributed by atoms with Gasteiger partial charge >= 0.3 is 17.8 Å². The van der Waals surface area contributed by atoms with Crippen molar-refractivity contribution in [2.24, 2.45) is 11.8 Å². The number of fused-ring (bicyclic) bond motifs is 1. The predicted octanol–water partition coefficient (Wildman–Crippen LogP) is 1.67. The van der Waals surface area contributed by atoms with Crippen molar-refractivity contribution in [1.82, 2.24) is 30.0 Å². The molecule has 2 atom stereocenters. The number of piperazine rings is 1. The molecule has 0 spiro atoms. The van der Waals surface area contributed by atoms with E-state index in [9.17, 15) is 14.4 Å². The van der Waals surface area contributed by atoms with Crippen molar-refractivity contribution in [3.8, 4) is 5.69 Å². The number of benzene rings is 1. The molecule has 38 heavy (non-hydrogen) atoms. The van der Waals surface area contributed by atoms with Gasteiger partial charge in [-0.3, -0.25) is 9.88 Å². The third-order valence-electron chi connectivity index (χ3n) is 7.30. The standard InChI is InChI=1S/C27H37N7O4/c1-27(2,3)38-26(37)31-23-20-16-32(17-21(20)23)11-7-18-5-4-6-19(15-18)34-12-8-22(30-25(34)36)29-24(35)33-13-9-28-10-14-33/h4-6,8,12,15,20-21,23,28H,7,9-11,13-14,16-17H2,1-3H3,(H,31,37)(H,29,30,35,36). The van der Waals surface area contributed by atoms with Crippen LogP contribution in [0.15, 0.2) is 41.3 Å². The van der Waals surface area contributed by atoms with Crippen LogP contribution in [0.3, 0.4) is 0 Å². The van der Waals surface area contributed by atoms with Gasteiger partial charge in [0.1, 0.15) is 11.4 Å². The summed E-state index contributed by atoms with van der Waals surface area (Å²) in [4.78, 5) is 45.4. The molecule has 3 amide bonds. The molecule has 11 nitrogen and oxygen atoms in total. The van der Waals surface area contributed by atoms with E-state index in [1.807, 2.05) is 39.0 Å². The van der Waals surface area contributed by atoms with Gasteiger partial charge in [0.05, 0.1) is 5.69 Å². The maximum atomic E-state index is 12.7. The average molecular weight is 524 g/mol. The number of aromatic nitrogens is 2. The highest BCUT2D eigenvalue weighted by Crippen LogP contribution is 2.45. The molecule has 0 bridgehead atoms. The molecule has 1 saturated carbocycles. The van der Waals surface area contributed by atoms with Crippen LogP contribution in [0.25, 0.3) is 5.69 Å². The first-order valence-electron chi connectivity index (χ1n) is 13.3. The monoisotopic (exact) mass is 523 g/mol. The van der Waals surface area contributed by atoms with Crippen LogP contribution in [0.4, 0.5) is 15.4 Å². The summed E-state index contributed by atoms with van der Waals surface area (Å²) >= 11 is 0. The van der Waals surface area contributed by atoms with Crippen molar-refractivity contribution in [3.05, 3.63) is 52.6 Å². The summed E-state index contributed by atoms with van der Waals surface area (Å²) < 4.78 is 6.86. The lowest BCUT2D eigenvalue weighted by Gasteiger charge is -2.27. The Labute approximate surface area is 222 Å². The molecular formula is C27H37N7O4. The fourth-order valence-electron chi connectivity index (χ4n) is 5.33. The van der Waals surface area contributed by atoms with Crippen LogP contribution in [0.5, 0.6) is 0 Å². The van der Waals surface area contributed by atoms with E-state index in [1.54, 1.807) is 17.2 Å². The molecule has 3 heterocycles. The average Bonchev–Trinajstić information content (AvgIpc) is 3.29. The molecule has 1 aromatic carbocycles. The molecule has 204 valence electrons. The van der Waals surface area contributed by atoms with E-state index < -0.39 is 11.3 Å². The number of hydrogen-bond acceptors (Lipinski definition) is 7. The van der Waals surface area contributed by atoms with Gasteiger partial charge in [0.15, 0.2) is 0 Å². The molecule has 1 aromatic heterocycles.